The summed E-state index contributed by atoms with van der Waals surface area (Å²) in [5.41, 5.74) is 2.81. The molecule has 0 aromatic carbocycles. The van der Waals surface area contributed by atoms with Gasteiger partial charge >= 0.3 is 0 Å². The van der Waals surface area contributed by atoms with Crippen LogP contribution in [-0.2, 0) is 22.6 Å². The normalized spacial score (nSPS) is 37.0. The topological polar surface area (TPSA) is 80.8 Å². The Hall–Kier alpha value is -2.02. The van der Waals surface area contributed by atoms with Gasteiger partial charge in [-0.3, -0.25) is 4.79 Å². The first-order chi connectivity index (χ1) is 15.8. The van der Waals surface area contributed by atoms with E-state index >= 15 is 0 Å². The largest absolute Gasteiger partial charge is 0.395 e. The number of rotatable bonds is 6. The average molecular weight is 455 g/mol. The number of carbonyl (C=O) groups excluding carboxylic acids is 1. The fourth-order valence-corrected chi connectivity index (χ4v) is 7.41. The first-order valence-electron chi connectivity index (χ1n) is 12.7. The molecule has 3 saturated carbocycles. The van der Waals surface area contributed by atoms with E-state index in [-0.39, 0.29) is 10.8 Å². The van der Waals surface area contributed by atoms with Crippen molar-refractivity contribution >= 4 is 11.5 Å². The highest BCUT2D eigenvalue weighted by Crippen LogP contribution is 2.64. The summed E-state index contributed by atoms with van der Waals surface area (Å²) in [6.07, 6.45) is 11.5. The van der Waals surface area contributed by atoms with Crippen molar-refractivity contribution in [2.24, 2.45) is 33.7 Å². The van der Waals surface area contributed by atoms with Gasteiger partial charge in [-0.2, -0.15) is 4.98 Å². The average Bonchev–Trinajstić information content (AvgIpc) is 3.34. The predicted octanol–water partition coefficient (Wildman–Crippen LogP) is 4.58. The summed E-state index contributed by atoms with van der Waals surface area (Å²) >= 11 is 0. The standard InChI is InChI=1S/C26H38N4O3/c1-25-12-9-18(28-32-14-11-24-27-23(29-33-24)16-30(3)4)15-17(25)5-6-19-20-7-8-22(31)26(20,2)13-10-21(19)25/h15,19-21H,5-14,16H2,1-4H3/b28-18-/t19?,20?,21?,25-,26-/m0/s1. The maximum Gasteiger partial charge on any atom is 0.230 e. The smallest absolute Gasteiger partial charge is 0.230 e. The molecule has 4 aliphatic rings. The number of fused-ring (bicyclic) bond motifs is 5. The number of allylic oxidation sites excluding steroid dienone is 2. The number of Topliss-reactive ketones (excluding diaryl/α,β-unsaturated/α-hetero) is 1. The van der Waals surface area contributed by atoms with Gasteiger partial charge in [0.2, 0.25) is 5.89 Å². The predicted molar refractivity (Wildman–Crippen MR) is 125 cm³/mol. The van der Waals surface area contributed by atoms with E-state index in [2.05, 4.69) is 35.2 Å². The van der Waals surface area contributed by atoms with Crippen LogP contribution in [0.2, 0.25) is 0 Å². The molecule has 1 aromatic heterocycles. The third kappa shape index (κ3) is 4.07. The van der Waals surface area contributed by atoms with E-state index < -0.39 is 0 Å². The summed E-state index contributed by atoms with van der Waals surface area (Å²) in [5, 5.41) is 8.44. The highest BCUT2D eigenvalue weighted by Gasteiger charge is 2.58. The van der Waals surface area contributed by atoms with Crippen molar-refractivity contribution in [2.75, 3.05) is 20.7 Å². The van der Waals surface area contributed by atoms with Crippen LogP contribution in [0.3, 0.4) is 0 Å². The zero-order valence-electron chi connectivity index (χ0n) is 20.6. The second kappa shape index (κ2) is 8.64. The second-order valence-electron chi connectivity index (χ2n) is 11.4. The van der Waals surface area contributed by atoms with E-state index in [9.17, 15) is 4.79 Å². The number of oxime groups is 1. The monoisotopic (exact) mass is 454 g/mol. The molecule has 0 radical (unpaired) electrons. The van der Waals surface area contributed by atoms with E-state index in [0.29, 0.717) is 54.8 Å². The summed E-state index contributed by atoms with van der Waals surface area (Å²) in [4.78, 5) is 24.6. The first kappa shape index (κ1) is 22.8. The third-order valence-corrected chi connectivity index (χ3v) is 9.24. The van der Waals surface area contributed by atoms with Crippen molar-refractivity contribution in [2.45, 2.75) is 78.2 Å². The highest BCUT2D eigenvalue weighted by molar-refractivity contribution is 5.96. The Morgan fingerprint density at radius 2 is 1.94 bits per heavy atom. The Morgan fingerprint density at radius 1 is 1.12 bits per heavy atom. The lowest BCUT2D eigenvalue weighted by Gasteiger charge is -2.57. The Labute approximate surface area is 197 Å². The quantitative estimate of drug-likeness (QED) is 0.462. The summed E-state index contributed by atoms with van der Waals surface area (Å²) in [6.45, 7) is 5.84. The van der Waals surface area contributed by atoms with Gasteiger partial charge in [-0.05, 0) is 88.3 Å². The molecule has 1 aromatic rings. The molecule has 1 heterocycles. The van der Waals surface area contributed by atoms with Crippen molar-refractivity contribution in [3.8, 4) is 0 Å². The van der Waals surface area contributed by atoms with Crippen LogP contribution in [0.15, 0.2) is 21.3 Å². The van der Waals surface area contributed by atoms with E-state index in [1.54, 1.807) is 5.57 Å². The van der Waals surface area contributed by atoms with Crippen LogP contribution >= 0.6 is 0 Å². The van der Waals surface area contributed by atoms with Crippen LogP contribution in [0.25, 0.3) is 0 Å². The van der Waals surface area contributed by atoms with Gasteiger partial charge in [0.05, 0.1) is 18.7 Å². The molecule has 7 heteroatoms. The molecule has 0 N–H and O–H groups in total. The third-order valence-electron chi connectivity index (χ3n) is 9.24. The number of aromatic nitrogens is 2. The lowest BCUT2D eigenvalue weighted by atomic mass is 9.47. The van der Waals surface area contributed by atoms with Crippen LogP contribution in [-0.4, -0.2) is 47.2 Å². The molecular formula is C26H38N4O3. The second-order valence-corrected chi connectivity index (χ2v) is 11.4. The van der Waals surface area contributed by atoms with Crippen LogP contribution in [0.1, 0.15) is 76.9 Å². The van der Waals surface area contributed by atoms with Gasteiger partial charge in [0.15, 0.2) is 5.82 Å². The number of hydrogen-bond donors (Lipinski definition) is 0. The van der Waals surface area contributed by atoms with Crippen molar-refractivity contribution in [3.63, 3.8) is 0 Å². The molecule has 3 unspecified atom stereocenters. The summed E-state index contributed by atoms with van der Waals surface area (Å²) in [7, 11) is 3.96. The SMILES string of the molecule is CN(C)Cc1noc(CCO/N=C2\C=C3CCC4C(CC[C@]5(C)C(=O)CCC45)[C@@]3(C)CC2)n1. The molecule has 0 saturated heterocycles. The molecule has 7 nitrogen and oxygen atoms in total. The molecule has 4 aliphatic carbocycles. The Balaban J connectivity index is 1.20. The van der Waals surface area contributed by atoms with Crippen LogP contribution in [0.4, 0.5) is 0 Å². The van der Waals surface area contributed by atoms with Crippen molar-refractivity contribution in [1.82, 2.24) is 15.0 Å². The molecule has 5 atom stereocenters. The van der Waals surface area contributed by atoms with Crippen LogP contribution in [0.5, 0.6) is 0 Å². The van der Waals surface area contributed by atoms with Gasteiger partial charge < -0.3 is 14.3 Å². The van der Waals surface area contributed by atoms with Gasteiger partial charge in [0.25, 0.3) is 0 Å². The van der Waals surface area contributed by atoms with Gasteiger partial charge in [-0.15, -0.1) is 0 Å². The summed E-state index contributed by atoms with van der Waals surface area (Å²) in [6, 6.07) is 0. The number of carbonyl (C=O) groups is 1. The summed E-state index contributed by atoms with van der Waals surface area (Å²) in [5.74, 6) is 3.83. The molecule has 3 fully saturated rings. The Kier molecular flexibility index (Phi) is 5.96. The Bertz CT molecular complexity index is 966. The van der Waals surface area contributed by atoms with E-state index in [1.807, 2.05) is 19.0 Å². The zero-order chi connectivity index (χ0) is 23.2. The van der Waals surface area contributed by atoms with E-state index in [1.165, 1.54) is 12.8 Å². The van der Waals surface area contributed by atoms with Crippen molar-refractivity contribution in [3.05, 3.63) is 23.4 Å². The van der Waals surface area contributed by atoms with Crippen LogP contribution in [0, 0.1) is 28.6 Å². The molecular weight excluding hydrogens is 416 g/mol. The maximum atomic E-state index is 12.6. The minimum atomic E-state index is -0.0422. The molecule has 180 valence electrons. The molecule has 0 amide bonds. The van der Waals surface area contributed by atoms with E-state index in [4.69, 9.17) is 9.36 Å². The van der Waals surface area contributed by atoms with Gasteiger partial charge in [-0.1, -0.05) is 29.7 Å². The maximum absolute atomic E-state index is 12.6. The minimum Gasteiger partial charge on any atom is -0.395 e. The first-order valence-corrected chi connectivity index (χ1v) is 12.7. The Morgan fingerprint density at radius 3 is 2.76 bits per heavy atom. The lowest BCUT2D eigenvalue weighted by Crippen LogP contribution is -2.50. The molecule has 33 heavy (non-hydrogen) atoms. The number of ketones is 1. The number of hydrogen-bond acceptors (Lipinski definition) is 7. The summed E-state index contributed by atoms with van der Waals surface area (Å²) < 4.78 is 5.29. The van der Waals surface area contributed by atoms with Gasteiger partial charge in [-0.25, -0.2) is 0 Å². The molecule has 0 aliphatic heterocycles. The lowest BCUT2D eigenvalue weighted by molar-refractivity contribution is -0.132. The fraction of sp³-hybridized carbons (Fsp3) is 0.769. The fourth-order valence-electron chi connectivity index (χ4n) is 7.41. The zero-order valence-corrected chi connectivity index (χ0v) is 20.6. The van der Waals surface area contributed by atoms with Crippen molar-refractivity contribution < 1.29 is 14.2 Å². The highest BCUT2D eigenvalue weighted by atomic mass is 16.6. The minimum absolute atomic E-state index is 0.0422. The molecule has 0 bridgehead atoms. The van der Waals surface area contributed by atoms with Crippen LogP contribution < -0.4 is 0 Å². The number of nitrogens with zero attached hydrogens (tertiary/aromatic N) is 4. The van der Waals surface area contributed by atoms with Crippen molar-refractivity contribution in [1.29, 1.82) is 0 Å². The molecule has 5 rings (SSSR count). The molecule has 0 spiro atoms. The van der Waals surface area contributed by atoms with E-state index in [0.717, 1.165) is 44.2 Å². The van der Waals surface area contributed by atoms with Gasteiger partial charge in [0, 0.05) is 11.8 Å². The van der Waals surface area contributed by atoms with Gasteiger partial charge in [0.1, 0.15) is 12.4 Å².